The second-order valence-electron chi connectivity index (χ2n) is 6.00. The molecule has 2 atom stereocenters. The van der Waals surface area contributed by atoms with Crippen LogP contribution in [0.4, 0.5) is 10.1 Å². The molecule has 0 fully saturated rings. The monoisotopic (exact) mass is 375 g/mol. The highest BCUT2D eigenvalue weighted by Gasteiger charge is 2.32. The molecule has 2 N–H and O–H groups in total. The van der Waals surface area contributed by atoms with E-state index in [4.69, 9.17) is 21.7 Å². The van der Waals surface area contributed by atoms with E-state index in [9.17, 15) is 14.3 Å². The minimum absolute atomic E-state index is 0.253. The van der Waals surface area contributed by atoms with Gasteiger partial charge in [-0.2, -0.15) is 0 Å². The van der Waals surface area contributed by atoms with Gasteiger partial charge in [-0.05, 0) is 42.3 Å². The second kappa shape index (κ2) is 7.39. The molecule has 5 nitrogen and oxygen atoms in total. The number of ether oxygens (including phenoxy) is 2. The Kier molecular flexibility index (Phi) is 5.20. The molecule has 0 aromatic heterocycles. The summed E-state index contributed by atoms with van der Waals surface area (Å²) < 4.78 is 25.4. The minimum atomic E-state index is -1.03. The molecule has 136 valence electrons. The van der Waals surface area contributed by atoms with E-state index in [-0.39, 0.29) is 11.4 Å². The van der Waals surface area contributed by atoms with Crippen molar-refractivity contribution in [3.63, 3.8) is 0 Å². The number of anilines is 1. The summed E-state index contributed by atoms with van der Waals surface area (Å²) in [6.07, 6.45) is -1.82. The number of fused-ring (bicyclic) bond motifs is 1. The first-order valence-electron chi connectivity index (χ1n) is 8.01. The lowest BCUT2D eigenvalue weighted by Crippen LogP contribution is -2.30. The van der Waals surface area contributed by atoms with Crippen LogP contribution in [0.15, 0.2) is 36.4 Å². The van der Waals surface area contributed by atoms with Gasteiger partial charge in [0.25, 0.3) is 0 Å². The van der Waals surface area contributed by atoms with Crippen LogP contribution in [0, 0.1) is 12.7 Å². The molecule has 0 saturated heterocycles. The number of rotatable bonds is 4. The summed E-state index contributed by atoms with van der Waals surface area (Å²) in [5.41, 5.74) is 2.74. The number of hydrogen-bond acceptors (Lipinski definition) is 4. The van der Waals surface area contributed by atoms with Crippen molar-refractivity contribution in [3.8, 4) is 5.75 Å². The van der Waals surface area contributed by atoms with Crippen LogP contribution >= 0.6 is 12.2 Å². The summed E-state index contributed by atoms with van der Waals surface area (Å²) in [4.78, 5) is 11.5. The summed E-state index contributed by atoms with van der Waals surface area (Å²) in [6.45, 7) is 1.87. The Morgan fingerprint density at radius 2 is 2.12 bits per heavy atom. The van der Waals surface area contributed by atoms with Gasteiger partial charge in [0.2, 0.25) is 0 Å². The molecule has 0 saturated carbocycles. The maximum absolute atomic E-state index is 13.9. The number of thiocarbonyl (C=S) groups is 1. The SMILES string of the molecule is COc1cccc([C@@H]2O[C@@H](CC(=O)O)C(=S)Nc3ccc(F)cc32)c1C. The molecule has 0 amide bonds. The fourth-order valence-corrected chi connectivity index (χ4v) is 3.30. The van der Waals surface area contributed by atoms with E-state index in [1.165, 1.54) is 12.1 Å². The van der Waals surface area contributed by atoms with Gasteiger partial charge >= 0.3 is 5.97 Å². The minimum Gasteiger partial charge on any atom is -0.496 e. The highest BCUT2D eigenvalue weighted by Crippen LogP contribution is 2.39. The van der Waals surface area contributed by atoms with Gasteiger partial charge in [-0.15, -0.1) is 0 Å². The lowest BCUT2D eigenvalue weighted by atomic mass is 9.95. The van der Waals surface area contributed by atoms with Crippen LogP contribution in [-0.2, 0) is 9.53 Å². The van der Waals surface area contributed by atoms with Crippen LogP contribution in [-0.4, -0.2) is 29.3 Å². The van der Waals surface area contributed by atoms with Crippen LogP contribution in [0.5, 0.6) is 5.75 Å². The highest BCUT2D eigenvalue weighted by molar-refractivity contribution is 7.80. The van der Waals surface area contributed by atoms with Gasteiger partial charge in [-0.3, -0.25) is 4.79 Å². The van der Waals surface area contributed by atoms with Crippen molar-refractivity contribution in [1.82, 2.24) is 0 Å². The predicted molar refractivity (Wildman–Crippen MR) is 99.3 cm³/mol. The van der Waals surface area contributed by atoms with Gasteiger partial charge < -0.3 is 19.9 Å². The molecule has 0 radical (unpaired) electrons. The topological polar surface area (TPSA) is 67.8 Å². The maximum atomic E-state index is 13.9. The molecule has 1 aliphatic heterocycles. The van der Waals surface area contributed by atoms with Crippen LogP contribution in [0.3, 0.4) is 0 Å². The van der Waals surface area contributed by atoms with E-state index in [2.05, 4.69) is 5.32 Å². The van der Waals surface area contributed by atoms with E-state index < -0.39 is 24.0 Å². The molecular formula is C19H18FNO4S. The number of nitrogens with one attached hydrogen (secondary N) is 1. The first-order chi connectivity index (χ1) is 12.4. The Hall–Kier alpha value is -2.51. The summed E-state index contributed by atoms with van der Waals surface area (Å²) in [5.74, 6) is -0.779. The van der Waals surface area contributed by atoms with E-state index in [1.807, 2.05) is 25.1 Å². The lowest BCUT2D eigenvalue weighted by molar-refractivity contribution is -0.139. The zero-order chi connectivity index (χ0) is 18.8. The van der Waals surface area contributed by atoms with Crippen LogP contribution < -0.4 is 10.1 Å². The molecule has 2 aromatic carbocycles. The highest BCUT2D eigenvalue weighted by atomic mass is 32.1. The van der Waals surface area contributed by atoms with Crippen molar-refractivity contribution in [2.75, 3.05) is 12.4 Å². The van der Waals surface area contributed by atoms with Crippen molar-refractivity contribution in [2.24, 2.45) is 0 Å². The fourth-order valence-electron chi connectivity index (χ4n) is 3.05. The number of benzene rings is 2. The zero-order valence-electron chi connectivity index (χ0n) is 14.3. The average molecular weight is 375 g/mol. The summed E-state index contributed by atoms with van der Waals surface area (Å²) in [7, 11) is 1.57. The van der Waals surface area contributed by atoms with Gasteiger partial charge in [0.15, 0.2) is 0 Å². The normalized spacial score (nSPS) is 19.3. The first kappa shape index (κ1) is 18.3. The third-order valence-electron chi connectivity index (χ3n) is 4.34. The van der Waals surface area contributed by atoms with E-state index in [1.54, 1.807) is 13.2 Å². The Morgan fingerprint density at radius 1 is 1.35 bits per heavy atom. The quantitative estimate of drug-likeness (QED) is 0.792. The molecule has 0 spiro atoms. The van der Waals surface area contributed by atoms with Crippen molar-refractivity contribution in [2.45, 2.75) is 25.6 Å². The lowest BCUT2D eigenvalue weighted by Gasteiger charge is -2.24. The van der Waals surface area contributed by atoms with Gasteiger partial charge in [-0.25, -0.2) is 4.39 Å². The standard InChI is InChI=1S/C19H18FNO4S/c1-10-12(4-3-5-15(10)24-2)18-13-8-11(20)6-7-14(13)21-19(26)16(25-18)9-17(22)23/h3-8,16,18H,9H2,1-2H3,(H,21,26)(H,22,23)/t16-,18-/m0/s1. The Labute approximate surface area is 155 Å². The smallest absolute Gasteiger partial charge is 0.306 e. The average Bonchev–Trinajstić information content (AvgIpc) is 2.72. The molecule has 0 bridgehead atoms. The Balaban J connectivity index is 2.15. The van der Waals surface area contributed by atoms with E-state index in [0.717, 1.165) is 11.1 Å². The third kappa shape index (κ3) is 3.54. The van der Waals surface area contributed by atoms with E-state index in [0.29, 0.717) is 17.0 Å². The Bertz CT molecular complexity index is 871. The molecule has 7 heteroatoms. The Morgan fingerprint density at radius 3 is 2.81 bits per heavy atom. The van der Waals surface area contributed by atoms with E-state index >= 15 is 0 Å². The summed E-state index contributed by atoms with van der Waals surface area (Å²) >= 11 is 5.31. The number of carbonyl (C=O) groups is 1. The molecular weight excluding hydrogens is 357 g/mol. The number of aliphatic carboxylic acids is 1. The zero-order valence-corrected chi connectivity index (χ0v) is 15.1. The third-order valence-corrected chi connectivity index (χ3v) is 4.70. The van der Waals surface area contributed by atoms with Crippen LogP contribution in [0.2, 0.25) is 0 Å². The van der Waals surface area contributed by atoms with Crippen molar-refractivity contribution < 1.29 is 23.8 Å². The number of carboxylic acid groups (broad SMARTS) is 1. The molecule has 1 heterocycles. The number of halogens is 1. The molecule has 0 unspecified atom stereocenters. The van der Waals surface area contributed by atoms with Crippen LogP contribution in [0.1, 0.15) is 29.2 Å². The van der Waals surface area contributed by atoms with Crippen molar-refractivity contribution in [1.29, 1.82) is 0 Å². The maximum Gasteiger partial charge on any atom is 0.306 e. The number of carboxylic acids is 1. The van der Waals surface area contributed by atoms with Crippen molar-refractivity contribution >= 4 is 28.9 Å². The number of hydrogen-bond donors (Lipinski definition) is 2. The summed E-state index contributed by atoms with van der Waals surface area (Å²) in [5, 5.41) is 12.2. The molecule has 26 heavy (non-hydrogen) atoms. The molecule has 0 aliphatic carbocycles. The number of methoxy groups -OCH3 is 1. The van der Waals surface area contributed by atoms with Gasteiger partial charge in [0.05, 0.1) is 13.5 Å². The molecule has 3 rings (SSSR count). The van der Waals surface area contributed by atoms with Crippen molar-refractivity contribution in [3.05, 3.63) is 58.9 Å². The van der Waals surface area contributed by atoms with Gasteiger partial charge in [0.1, 0.15) is 28.8 Å². The molecule has 2 aromatic rings. The largest absolute Gasteiger partial charge is 0.496 e. The van der Waals surface area contributed by atoms with Gasteiger partial charge in [0, 0.05) is 11.3 Å². The predicted octanol–water partition coefficient (Wildman–Crippen LogP) is 3.84. The first-order valence-corrected chi connectivity index (χ1v) is 8.42. The fraction of sp³-hybridized carbons (Fsp3) is 0.263. The van der Waals surface area contributed by atoms with Crippen LogP contribution in [0.25, 0.3) is 0 Å². The summed E-state index contributed by atoms with van der Waals surface area (Å²) in [6, 6.07) is 9.75. The second-order valence-corrected chi connectivity index (χ2v) is 6.44. The molecule has 1 aliphatic rings. The van der Waals surface area contributed by atoms with Gasteiger partial charge in [-0.1, -0.05) is 24.4 Å².